The minimum absolute atomic E-state index is 0.251. The summed E-state index contributed by atoms with van der Waals surface area (Å²) in [5.74, 6) is -0.790. The third-order valence-corrected chi connectivity index (χ3v) is 4.65. The van der Waals surface area contributed by atoms with Gasteiger partial charge in [-0.15, -0.1) is 0 Å². The van der Waals surface area contributed by atoms with Crippen molar-refractivity contribution in [1.82, 2.24) is 9.88 Å². The van der Waals surface area contributed by atoms with Crippen LogP contribution in [0.4, 0.5) is 0 Å². The summed E-state index contributed by atoms with van der Waals surface area (Å²) in [6.07, 6.45) is -0.881. The second-order valence-electron chi connectivity index (χ2n) is 7.04. The van der Waals surface area contributed by atoms with Crippen LogP contribution in [0.2, 0.25) is 0 Å². The molecular weight excluding hydrogens is 352 g/mol. The molecule has 144 valence electrons. The van der Waals surface area contributed by atoms with E-state index in [-0.39, 0.29) is 5.91 Å². The molecule has 0 bridgehead atoms. The molecular formula is C23H24N2O3. The molecule has 5 nitrogen and oxygen atoms in total. The summed E-state index contributed by atoms with van der Waals surface area (Å²) in [6.45, 7) is 5.80. The largest absolute Gasteiger partial charge is 0.449 e. The Morgan fingerprint density at radius 3 is 2.50 bits per heavy atom. The third-order valence-electron chi connectivity index (χ3n) is 4.65. The highest BCUT2D eigenvalue weighted by Gasteiger charge is 2.23. The molecule has 0 N–H and O–H groups in total. The summed E-state index contributed by atoms with van der Waals surface area (Å²) in [5, 5.41) is 0.873. The lowest BCUT2D eigenvalue weighted by molar-refractivity contribution is -0.139. The van der Waals surface area contributed by atoms with Gasteiger partial charge in [0.25, 0.3) is 5.91 Å². The van der Waals surface area contributed by atoms with Gasteiger partial charge in [-0.3, -0.25) is 9.78 Å². The summed E-state index contributed by atoms with van der Waals surface area (Å²) in [4.78, 5) is 31.3. The van der Waals surface area contributed by atoms with E-state index >= 15 is 0 Å². The molecule has 1 aromatic heterocycles. The smallest absolute Gasteiger partial charge is 0.340 e. The Hall–Kier alpha value is -3.21. The molecule has 3 rings (SSSR count). The van der Waals surface area contributed by atoms with E-state index in [9.17, 15) is 9.59 Å². The van der Waals surface area contributed by atoms with Gasteiger partial charge in [0, 0.05) is 19.0 Å². The number of esters is 1. The van der Waals surface area contributed by atoms with Crippen molar-refractivity contribution in [2.45, 2.75) is 33.4 Å². The van der Waals surface area contributed by atoms with Gasteiger partial charge < -0.3 is 9.64 Å². The Morgan fingerprint density at radius 1 is 1.07 bits per heavy atom. The Balaban J connectivity index is 1.72. The number of likely N-dealkylation sites (N-methyl/N-ethyl adjacent to an activating group) is 1. The van der Waals surface area contributed by atoms with Crippen molar-refractivity contribution in [3.8, 4) is 0 Å². The minimum atomic E-state index is -0.881. The van der Waals surface area contributed by atoms with Crippen molar-refractivity contribution >= 4 is 22.8 Å². The number of benzene rings is 2. The monoisotopic (exact) mass is 376 g/mol. The number of fused-ring (bicyclic) bond motifs is 1. The number of carbonyl (C=O) groups excluding carboxylic acids is 2. The number of nitrogens with zero attached hydrogens (tertiary/aromatic N) is 2. The molecule has 0 aliphatic rings. The first-order valence-electron chi connectivity index (χ1n) is 9.23. The number of hydrogen-bond donors (Lipinski definition) is 0. The molecule has 2 aromatic carbocycles. The quantitative estimate of drug-likeness (QED) is 0.630. The Bertz CT molecular complexity index is 1020. The summed E-state index contributed by atoms with van der Waals surface area (Å²) < 4.78 is 5.45. The molecule has 0 aliphatic heterocycles. The van der Waals surface area contributed by atoms with E-state index in [2.05, 4.69) is 4.98 Å². The predicted octanol–water partition coefficient (Wildman–Crippen LogP) is 4.06. The van der Waals surface area contributed by atoms with Crippen molar-refractivity contribution in [3.63, 3.8) is 0 Å². The zero-order valence-corrected chi connectivity index (χ0v) is 16.6. The van der Waals surface area contributed by atoms with Gasteiger partial charge >= 0.3 is 5.97 Å². The highest BCUT2D eigenvalue weighted by molar-refractivity contribution is 5.96. The maximum Gasteiger partial charge on any atom is 0.340 e. The van der Waals surface area contributed by atoms with Crippen LogP contribution in [0.5, 0.6) is 0 Å². The lowest BCUT2D eigenvalue weighted by atomic mass is 10.1. The molecule has 0 saturated heterocycles. The zero-order valence-electron chi connectivity index (χ0n) is 16.6. The van der Waals surface area contributed by atoms with Crippen LogP contribution in [-0.2, 0) is 16.1 Å². The molecule has 0 spiro atoms. The fraction of sp³-hybridized carbons (Fsp3) is 0.261. The van der Waals surface area contributed by atoms with E-state index in [0.717, 1.165) is 22.0 Å². The maximum absolute atomic E-state index is 12.7. The first-order chi connectivity index (χ1) is 13.3. The van der Waals surface area contributed by atoms with Crippen LogP contribution < -0.4 is 0 Å². The highest BCUT2D eigenvalue weighted by atomic mass is 16.5. The van der Waals surface area contributed by atoms with Crippen molar-refractivity contribution in [3.05, 3.63) is 77.0 Å². The van der Waals surface area contributed by atoms with E-state index in [0.29, 0.717) is 17.8 Å². The standard InChI is InChI=1S/C23H24N2O3/c1-15-10-11-21-19(12-15)13-20(16(2)24-21)23(27)28-17(3)22(26)25(4)14-18-8-6-5-7-9-18/h5-13,17H,14H2,1-4H3. The van der Waals surface area contributed by atoms with Gasteiger partial charge in [0.05, 0.1) is 16.8 Å². The number of amides is 1. The molecule has 28 heavy (non-hydrogen) atoms. The molecule has 1 unspecified atom stereocenters. The minimum Gasteiger partial charge on any atom is -0.449 e. The van der Waals surface area contributed by atoms with Gasteiger partial charge in [-0.25, -0.2) is 4.79 Å². The fourth-order valence-corrected chi connectivity index (χ4v) is 3.12. The van der Waals surface area contributed by atoms with Crippen LogP contribution in [0.3, 0.4) is 0 Å². The molecule has 1 amide bonds. The number of ether oxygens (including phenoxy) is 1. The fourth-order valence-electron chi connectivity index (χ4n) is 3.12. The van der Waals surface area contributed by atoms with E-state index in [4.69, 9.17) is 4.74 Å². The van der Waals surface area contributed by atoms with Gasteiger partial charge in [-0.1, -0.05) is 42.0 Å². The third kappa shape index (κ3) is 4.36. The number of carbonyl (C=O) groups is 2. The summed E-state index contributed by atoms with van der Waals surface area (Å²) >= 11 is 0. The molecule has 1 heterocycles. The molecule has 5 heteroatoms. The Morgan fingerprint density at radius 2 is 1.79 bits per heavy atom. The second-order valence-corrected chi connectivity index (χ2v) is 7.04. The lowest BCUT2D eigenvalue weighted by Crippen LogP contribution is -2.37. The van der Waals surface area contributed by atoms with E-state index in [1.165, 1.54) is 0 Å². The van der Waals surface area contributed by atoms with Crippen molar-refractivity contribution in [1.29, 1.82) is 0 Å². The van der Waals surface area contributed by atoms with E-state index < -0.39 is 12.1 Å². The van der Waals surface area contributed by atoms with Crippen LogP contribution >= 0.6 is 0 Å². The average Bonchev–Trinajstić information content (AvgIpc) is 2.67. The molecule has 1 atom stereocenters. The van der Waals surface area contributed by atoms with Crippen LogP contribution in [0.15, 0.2) is 54.6 Å². The van der Waals surface area contributed by atoms with E-state index in [1.807, 2.05) is 55.5 Å². The molecule has 0 aliphatic carbocycles. The zero-order chi connectivity index (χ0) is 20.3. The summed E-state index contributed by atoms with van der Waals surface area (Å²) in [6, 6.07) is 17.3. The normalized spacial score (nSPS) is 11.9. The van der Waals surface area contributed by atoms with Gasteiger partial charge in [-0.05, 0) is 44.5 Å². The second kappa shape index (κ2) is 8.21. The maximum atomic E-state index is 12.7. The van der Waals surface area contributed by atoms with Gasteiger partial charge in [0.2, 0.25) is 0 Å². The Labute approximate surface area is 165 Å². The first kappa shape index (κ1) is 19.5. The number of hydrogen-bond acceptors (Lipinski definition) is 4. The van der Waals surface area contributed by atoms with Gasteiger partial charge in [-0.2, -0.15) is 0 Å². The number of aromatic nitrogens is 1. The molecule has 3 aromatic rings. The first-order valence-corrected chi connectivity index (χ1v) is 9.23. The van der Waals surface area contributed by atoms with Crippen LogP contribution in [-0.4, -0.2) is 34.9 Å². The highest BCUT2D eigenvalue weighted by Crippen LogP contribution is 2.19. The summed E-state index contributed by atoms with van der Waals surface area (Å²) in [7, 11) is 1.70. The van der Waals surface area contributed by atoms with Crippen molar-refractivity contribution < 1.29 is 14.3 Å². The predicted molar refractivity (Wildman–Crippen MR) is 109 cm³/mol. The van der Waals surface area contributed by atoms with Crippen LogP contribution in [0.25, 0.3) is 10.9 Å². The van der Waals surface area contributed by atoms with Crippen molar-refractivity contribution in [2.75, 3.05) is 7.05 Å². The summed E-state index contributed by atoms with van der Waals surface area (Å²) in [5.41, 5.74) is 3.89. The Kier molecular flexibility index (Phi) is 5.73. The lowest BCUT2D eigenvalue weighted by Gasteiger charge is -2.22. The van der Waals surface area contributed by atoms with E-state index in [1.54, 1.807) is 31.9 Å². The van der Waals surface area contributed by atoms with Gasteiger partial charge in [0.15, 0.2) is 6.10 Å². The topological polar surface area (TPSA) is 59.5 Å². The van der Waals surface area contributed by atoms with Gasteiger partial charge in [0.1, 0.15) is 0 Å². The molecule has 0 radical (unpaired) electrons. The molecule has 0 saturated carbocycles. The molecule has 0 fully saturated rings. The number of rotatable bonds is 5. The SMILES string of the molecule is Cc1ccc2nc(C)c(C(=O)OC(C)C(=O)N(C)Cc3ccccc3)cc2c1. The number of pyridine rings is 1. The average molecular weight is 376 g/mol. The number of aryl methyl sites for hydroxylation is 2. The van der Waals surface area contributed by atoms with Crippen LogP contribution in [0.1, 0.15) is 34.1 Å². The van der Waals surface area contributed by atoms with Crippen molar-refractivity contribution in [2.24, 2.45) is 0 Å². The van der Waals surface area contributed by atoms with Crippen LogP contribution in [0, 0.1) is 13.8 Å².